The van der Waals surface area contributed by atoms with E-state index < -0.39 is 0 Å². The molecule has 5 nitrogen and oxygen atoms in total. The van der Waals surface area contributed by atoms with Crippen LogP contribution in [-0.2, 0) is 14.3 Å². The molecule has 0 bridgehead atoms. The summed E-state index contributed by atoms with van der Waals surface area (Å²) in [5.74, 6) is 0.0297. The number of nitrogens with two attached hydrogens (primary N) is 1. The minimum Gasteiger partial charge on any atom is -0.383 e. The fraction of sp³-hybridized carbons (Fsp3) is 0.917. The van der Waals surface area contributed by atoms with Crippen molar-refractivity contribution in [2.24, 2.45) is 5.73 Å². The van der Waals surface area contributed by atoms with Gasteiger partial charge in [0.2, 0.25) is 5.91 Å². The molecule has 1 atom stereocenters. The Morgan fingerprint density at radius 1 is 1.47 bits per heavy atom. The minimum atomic E-state index is -0.218. The van der Waals surface area contributed by atoms with Crippen LogP contribution in [0.3, 0.4) is 0 Å². The van der Waals surface area contributed by atoms with E-state index >= 15 is 0 Å². The molecule has 0 heterocycles. The summed E-state index contributed by atoms with van der Waals surface area (Å²) in [6.07, 6.45) is 4.27. The molecule has 1 unspecified atom stereocenters. The van der Waals surface area contributed by atoms with Crippen LogP contribution in [0.15, 0.2) is 0 Å². The summed E-state index contributed by atoms with van der Waals surface area (Å²) in [6.45, 7) is 1.05. The summed E-state index contributed by atoms with van der Waals surface area (Å²) in [4.78, 5) is 11.9. The second-order valence-corrected chi connectivity index (χ2v) is 4.71. The van der Waals surface area contributed by atoms with E-state index in [1.807, 2.05) is 0 Å². The van der Waals surface area contributed by atoms with Crippen LogP contribution in [0.5, 0.6) is 0 Å². The summed E-state index contributed by atoms with van der Waals surface area (Å²) in [7, 11) is 3.30. The van der Waals surface area contributed by atoms with E-state index in [9.17, 15) is 4.79 Å². The fourth-order valence-corrected chi connectivity index (χ4v) is 2.20. The van der Waals surface area contributed by atoms with Crippen LogP contribution in [0, 0.1) is 0 Å². The molecule has 3 N–H and O–H groups in total. The maximum Gasteiger partial charge on any atom is 0.223 e. The molecule has 1 aliphatic carbocycles. The van der Waals surface area contributed by atoms with Gasteiger partial charge >= 0.3 is 0 Å². The normalized spacial score (nSPS) is 19.5. The number of carbonyl (C=O) groups is 1. The lowest BCUT2D eigenvalue weighted by molar-refractivity contribution is -0.135. The largest absolute Gasteiger partial charge is 0.383 e. The van der Waals surface area contributed by atoms with Gasteiger partial charge in [0, 0.05) is 14.2 Å². The van der Waals surface area contributed by atoms with Gasteiger partial charge in [-0.3, -0.25) is 4.79 Å². The predicted molar refractivity (Wildman–Crippen MR) is 65.7 cm³/mol. The van der Waals surface area contributed by atoms with Crippen molar-refractivity contribution in [3.63, 3.8) is 0 Å². The Morgan fingerprint density at radius 3 is 2.59 bits per heavy atom. The van der Waals surface area contributed by atoms with Crippen molar-refractivity contribution in [2.75, 3.05) is 27.4 Å². The summed E-state index contributed by atoms with van der Waals surface area (Å²) in [5.41, 5.74) is 5.28. The van der Waals surface area contributed by atoms with Crippen molar-refractivity contribution < 1.29 is 14.3 Å². The van der Waals surface area contributed by atoms with Crippen LogP contribution in [0.25, 0.3) is 0 Å². The fourth-order valence-electron chi connectivity index (χ4n) is 2.20. The smallest absolute Gasteiger partial charge is 0.223 e. The van der Waals surface area contributed by atoms with Gasteiger partial charge in [0.15, 0.2) is 0 Å². The number of hydrogen-bond acceptors (Lipinski definition) is 4. The van der Waals surface area contributed by atoms with E-state index in [2.05, 4.69) is 5.32 Å². The number of hydrogen-bond donors (Lipinski definition) is 2. The highest BCUT2D eigenvalue weighted by atomic mass is 16.5. The summed E-state index contributed by atoms with van der Waals surface area (Å²) in [5, 5.41) is 2.95. The molecule has 1 aliphatic rings. The predicted octanol–water partition coefficient (Wildman–Crippen LogP) is 0.426. The molecular formula is C12H24N2O3. The van der Waals surface area contributed by atoms with E-state index in [0.717, 1.165) is 25.7 Å². The first-order chi connectivity index (χ1) is 8.15. The molecule has 1 amide bonds. The lowest BCUT2D eigenvalue weighted by atomic mass is 9.77. The van der Waals surface area contributed by atoms with Crippen LogP contribution in [0.2, 0.25) is 0 Å². The minimum absolute atomic E-state index is 0.00600. The van der Waals surface area contributed by atoms with Gasteiger partial charge in [-0.25, -0.2) is 0 Å². The first-order valence-electron chi connectivity index (χ1n) is 6.19. The number of rotatable bonds is 8. The highest BCUT2D eigenvalue weighted by Gasteiger charge is 2.39. The lowest BCUT2D eigenvalue weighted by Gasteiger charge is -2.40. The summed E-state index contributed by atoms with van der Waals surface area (Å²) >= 11 is 0. The van der Waals surface area contributed by atoms with Gasteiger partial charge in [-0.15, -0.1) is 0 Å². The number of methoxy groups -OCH3 is 2. The third-order valence-electron chi connectivity index (χ3n) is 3.43. The van der Waals surface area contributed by atoms with Crippen LogP contribution in [0.1, 0.15) is 32.1 Å². The lowest BCUT2D eigenvalue weighted by Crippen LogP contribution is -2.47. The molecule has 0 aromatic heterocycles. The first kappa shape index (κ1) is 14.4. The van der Waals surface area contributed by atoms with E-state index in [0.29, 0.717) is 19.6 Å². The maximum absolute atomic E-state index is 11.9. The molecule has 1 fully saturated rings. The molecule has 5 heteroatoms. The molecule has 0 aliphatic heterocycles. The zero-order valence-corrected chi connectivity index (χ0v) is 10.8. The highest BCUT2D eigenvalue weighted by Crippen LogP contribution is 2.37. The van der Waals surface area contributed by atoms with Crippen LogP contribution >= 0.6 is 0 Å². The average Bonchev–Trinajstić information content (AvgIpc) is 2.24. The van der Waals surface area contributed by atoms with Crippen LogP contribution in [0.4, 0.5) is 0 Å². The van der Waals surface area contributed by atoms with E-state index in [-0.39, 0.29) is 17.6 Å². The number of ether oxygens (including phenoxy) is 2. The zero-order valence-electron chi connectivity index (χ0n) is 10.8. The Kier molecular flexibility index (Phi) is 5.88. The zero-order chi connectivity index (χ0) is 12.7. The molecule has 17 heavy (non-hydrogen) atoms. The first-order valence-corrected chi connectivity index (χ1v) is 6.19. The third kappa shape index (κ3) is 4.26. The monoisotopic (exact) mass is 244 g/mol. The quantitative estimate of drug-likeness (QED) is 0.649. The second-order valence-electron chi connectivity index (χ2n) is 4.71. The van der Waals surface area contributed by atoms with Crippen molar-refractivity contribution >= 4 is 5.91 Å². The number of amides is 1. The Bertz CT molecular complexity index is 230. The molecule has 100 valence electrons. The summed E-state index contributed by atoms with van der Waals surface area (Å²) in [6, 6.07) is 0.00600. The second kappa shape index (κ2) is 6.93. The van der Waals surface area contributed by atoms with Gasteiger partial charge in [-0.1, -0.05) is 0 Å². The van der Waals surface area contributed by atoms with Gasteiger partial charge in [-0.05, 0) is 32.2 Å². The van der Waals surface area contributed by atoms with Gasteiger partial charge in [0.25, 0.3) is 0 Å². The van der Waals surface area contributed by atoms with E-state index in [1.54, 1.807) is 14.2 Å². The van der Waals surface area contributed by atoms with Gasteiger partial charge in [0.1, 0.15) is 0 Å². The molecule has 0 aromatic carbocycles. The standard InChI is InChI=1S/C12H24N2O3/c1-16-9-10(4-7-13)14-11(15)8-12(17-2)5-3-6-12/h10H,3-9,13H2,1-2H3,(H,14,15). The maximum atomic E-state index is 11.9. The van der Waals surface area contributed by atoms with Gasteiger partial charge in [-0.2, -0.15) is 0 Å². The van der Waals surface area contributed by atoms with Crippen molar-refractivity contribution in [3.05, 3.63) is 0 Å². The molecule has 0 radical (unpaired) electrons. The molecule has 0 saturated heterocycles. The topological polar surface area (TPSA) is 73.6 Å². The summed E-state index contributed by atoms with van der Waals surface area (Å²) < 4.78 is 10.5. The van der Waals surface area contributed by atoms with E-state index in [1.165, 1.54) is 0 Å². The van der Waals surface area contributed by atoms with Gasteiger partial charge in [0.05, 0.1) is 24.7 Å². The van der Waals surface area contributed by atoms with Crippen molar-refractivity contribution in [1.82, 2.24) is 5.32 Å². The Hall–Kier alpha value is -0.650. The number of nitrogens with one attached hydrogen (secondary N) is 1. The SMILES string of the molecule is COCC(CCN)NC(=O)CC1(OC)CCC1. The number of carbonyl (C=O) groups excluding carboxylic acids is 1. The van der Waals surface area contributed by atoms with Crippen molar-refractivity contribution in [1.29, 1.82) is 0 Å². The molecule has 0 spiro atoms. The van der Waals surface area contributed by atoms with Crippen molar-refractivity contribution in [3.8, 4) is 0 Å². The molecule has 1 rings (SSSR count). The van der Waals surface area contributed by atoms with E-state index in [4.69, 9.17) is 15.2 Å². The molecule has 1 saturated carbocycles. The third-order valence-corrected chi connectivity index (χ3v) is 3.43. The Balaban J connectivity index is 2.35. The van der Waals surface area contributed by atoms with Crippen LogP contribution in [-0.4, -0.2) is 44.9 Å². The molecule has 0 aromatic rings. The highest BCUT2D eigenvalue weighted by molar-refractivity contribution is 5.77. The van der Waals surface area contributed by atoms with Crippen LogP contribution < -0.4 is 11.1 Å². The van der Waals surface area contributed by atoms with Gasteiger partial charge < -0.3 is 20.5 Å². The Labute approximate surface area is 103 Å². The average molecular weight is 244 g/mol. The Morgan fingerprint density at radius 2 is 2.18 bits per heavy atom. The molecular weight excluding hydrogens is 220 g/mol. The van der Waals surface area contributed by atoms with Crippen molar-refractivity contribution in [2.45, 2.75) is 43.7 Å².